The summed E-state index contributed by atoms with van der Waals surface area (Å²) < 4.78 is 0. The second kappa shape index (κ2) is 10.1. The van der Waals surface area contributed by atoms with Gasteiger partial charge >= 0.3 is 0 Å². The van der Waals surface area contributed by atoms with E-state index < -0.39 is 0 Å². The molecule has 0 saturated carbocycles. The maximum atomic E-state index is 5.23. The van der Waals surface area contributed by atoms with Crippen molar-refractivity contribution in [2.45, 2.75) is 0 Å². The van der Waals surface area contributed by atoms with Gasteiger partial charge in [0.25, 0.3) is 0 Å². The average Bonchev–Trinajstić information content (AvgIpc) is 3.07. The fourth-order valence-corrected chi connectivity index (χ4v) is 5.89. The predicted molar refractivity (Wildman–Crippen MR) is 174 cm³/mol. The minimum atomic E-state index is 0.957. The highest BCUT2D eigenvalue weighted by atomic mass is 14.7. The number of fused-ring (bicyclic) bond motifs is 3. The molecule has 196 valence electrons. The van der Waals surface area contributed by atoms with Gasteiger partial charge in [0.2, 0.25) is 0 Å². The van der Waals surface area contributed by atoms with Gasteiger partial charge < -0.3 is 0 Å². The van der Waals surface area contributed by atoms with Crippen LogP contribution in [0.1, 0.15) is 0 Å². The van der Waals surface area contributed by atoms with E-state index in [0.29, 0.717) is 0 Å². The quantitative estimate of drug-likeness (QED) is 0.225. The summed E-state index contributed by atoms with van der Waals surface area (Å²) in [5.74, 6) is 0. The van der Waals surface area contributed by atoms with Crippen LogP contribution in [0.25, 0.3) is 77.3 Å². The largest absolute Gasteiger partial charge is 0.256 e. The summed E-state index contributed by atoms with van der Waals surface area (Å²) in [4.78, 5) is 14.3. The number of rotatable bonds is 4. The normalized spacial score (nSPS) is 11.3. The topological polar surface area (TPSA) is 38.7 Å². The van der Waals surface area contributed by atoms with E-state index in [1.807, 2.05) is 24.5 Å². The lowest BCUT2D eigenvalue weighted by atomic mass is 9.96. The summed E-state index contributed by atoms with van der Waals surface area (Å²) in [6, 6.07) is 48.9. The lowest BCUT2D eigenvalue weighted by molar-refractivity contribution is 1.35. The minimum absolute atomic E-state index is 0.957. The molecule has 8 rings (SSSR count). The van der Waals surface area contributed by atoms with Crippen molar-refractivity contribution in [1.29, 1.82) is 0 Å². The van der Waals surface area contributed by atoms with Gasteiger partial charge in [-0.2, -0.15) is 0 Å². The molecule has 3 heteroatoms. The Balaban J connectivity index is 1.20. The highest BCUT2D eigenvalue weighted by Gasteiger charge is 2.12. The van der Waals surface area contributed by atoms with Gasteiger partial charge in [-0.1, -0.05) is 109 Å². The van der Waals surface area contributed by atoms with Gasteiger partial charge in [0, 0.05) is 39.7 Å². The van der Waals surface area contributed by atoms with Crippen LogP contribution in [0, 0.1) is 0 Å². The molecule has 0 aliphatic carbocycles. The fraction of sp³-hybridized carbons (Fsp3) is 0. The Morgan fingerprint density at radius 1 is 0.381 bits per heavy atom. The summed E-state index contributed by atoms with van der Waals surface area (Å²) in [7, 11) is 0. The SMILES string of the molecule is c1ccc2c(-c3ccc(-c4ccnc5ccccc45)cc3)nc(-c3ccc(-c4ccnc5ccccc45)cc3)cc2c1. The zero-order valence-corrected chi connectivity index (χ0v) is 22.8. The van der Waals surface area contributed by atoms with Gasteiger partial charge in [-0.3, -0.25) is 9.97 Å². The van der Waals surface area contributed by atoms with Gasteiger partial charge in [0.1, 0.15) is 0 Å². The second-order valence-corrected chi connectivity index (χ2v) is 10.5. The van der Waals surface area contributed by atoms with Crippen molar-refractivity contribution in [3.05, 3.63) is 152 Å². The third kappa shape index (κ3) is 4.20. The number of benzene rings is 5. The van der Waals surface area contributed by atoms with Crippen LogP contribution in [0.3, 0.4) is 0 Å². The lowest BCUT2D eigenvalue weighted by Crippen LogP contribution is -1.92. The summed E-state index contributed by atoms with van der Waals surface area (Å²) >= 11 is 0. The number of hydrogen-bond acceptors (Lipinski definition) is 3. The molecule has 42 heavy (non-hydrogen) atoms. The highest BCUT2D eigenvalue weighted by molar-refractivity contribution is 5.99. The molecule has 3 nitrogen and oxygen atoms in total. The standard InChI is InChI=1S/C39H25N3/c1-2-8-33-30(7-1)25-38(28-17-13-26(14-18-28)31-21-23-40-36-11-5-3-9-34(31)36)42-39(33)29-19-15-27(16-20-29)32-22-24-41-37-12-6-4-10-35(32)37/h1-25H. The summed E-state index contributed by atoms with van der Waals surface area (Å²) in [6.07, 6.45) is 3.76. The van der Waals surface area contributed by atoms with Crippen molar-refractivity contribution in [2.24, 2.45) is 0 Å². The summed E-state index contributed by atoms with van der Waals surface area (Å²) in [5, 5.41) is 4.62. The molecule has 0 N–H and O–H groups in total. The van der Waals surface area contributed by atoms with Crippen LogP contribution in [0.15, 0.2) is 152 Å². The molecule has 0 unspecified atom stereocenters. The number of para-hydroxylation sites is 2. The molecule has 3 aromatic heterocycles. The predicted octanol–water partition coefficient (Wildman–Crippen LogP) is 10.00. The first kappa shape index (κ1) is 24.2. The van der Waals surface area contributed by atoms with Crippen molar-refractivity contribution in [2.75, 3.05) is 0 Å². The van der Waals surface area contributed by atoms with Gasteiger partial charge in [-0.05, 0) is 58.0 Å². The van der Waals surface area contributed by atoms with Crippen molar-refractivity contribution in [1.82, 2.24) is 15.0 Å². The van der Waals surface area contributed by atoms with Crippen molar-refractivity contribution in [3.8, 4) is 44.8 Å². The molecule has 0 aliphatic heterocycles. The maximum absolute atomic E-state index is 5.23. The van der Waals surface area contributed by atoms with Crippen molar-refractivity contribution < 1.29 is 0 Å². The van der Waals surface area contributed by atoms with E-state index in [1.165, 1.54) is 16.5 Å². The Morgan fingerprint density at radius 3 is 1.45 bits per heavy atom. The fourth-order valence-electron chi connectivity index (χ4n) is 5.89. The number of pyridine rings is 3. The zero-order valence-electron chi connectivity index (χ0n) is 22.8. The van der Waals surface area contributed by atoms with Gasteiger partial charge in [-0.25, -0.2) is 4.98 Å². The first-order valence-corrected chi connectivity index (χ1v) is 14.1. The van der Waals surface area contributed by atoms with Crippen LogP contribution in [-0.4, -0.2) is 15.0 Å². The van der Waals surface area contributed by atoms with Crippen LogP contribution in [0.2, 0.25) is 0 Å². The van der Waals surface area contributed by atoms with E-state index in [4.69, 9.17) is 4.98 Å². The monoisotopic (exact) mass is 535 g/mol. The molecule has 5 aromatic carbocycles. The molecular weight excluding hydrogens is 510 g/mol. The van der Waals surface area contributed by atoms with Gasteiger partial charge in [0.05, 0.1) is 22.4 Å². The van der Waals surface area contributed by atoms with E-state index in [9.17, 15) is 0 Å². The minimum Gasteiger partial charge on any atom is -0.256 e. The number of aromatic nitrogens is 3. The van der Waals surface area contributed by atoms with Gasteiger partial charge in [-0.15, -0.1) is 0 Å². The number of hydrogen-bond donors (Lipinski definition) is 0. The van der Waals surface area contributed by atoms with E-state index in [0.717, 1.165) is 60.8 Å². The average molecular weight is 536 g/mol. The zero-order chi connectivity index (χ0) is 27.9. The molecule has 0 radical (unpaired) electrons. The summed E-state index contributed by atoms with van der Waals surface area (Å²) in [6.45, 7) is 0. The smallest absolute Gasteiger partial charge is 0.0787 e. The third-order valence-electron chi connectivity index (χ3n) is 8.00. The van der Waals surface area contributed by atoms with Crippen LogP contribution < -0.4 is 0 Å². The van der Waals surface area contributed by atoms with Gasteiger partial charge in [0.15, 0.2) is 0 Å². The van der Waals surface area contributed by atoms with E-state index in [2.05, 4.69) is 137 Å². The van der Waals surface area contributed by atoms with Crippen molar-refractivity contribution in [3.63, 3.8) is 0 Å². The molecule has 0 aliphatic rings. The molecule has 3 heterocycles. The summed E-state index contributed by atoms with van der Waals surface area (Å²) in [5.41, 5.74) is 10.8. The maximum Gasteiger partial charge on any atom is 0.0787 e. The first-order valence-electron chi connectivity index (χ1n) is 14.1. The number of nitrogens with zero attached hydrogens (tertiary/aromatic N) is 3. The van der Waals surface area contributed by atoms with Crippen LogP contribution in [-0.2, 0) is 0 Å². The second-order valence-electron chi connectivity index (χ2n) is 10.5. The van der Waals surface area contributed by atoms with E-state index in [-0.39, 0.29) is 0 Å². The first-order chi connectivity index (χ1) is 20.8. The molecule has 0 spiro atoms. The lowest BCUT2D eigenvalue weighted by Gasteiger charge is -2.12. The Kier molecular flexibility index (Phi) is 5.79. The Hall–Kier alpha value is -5.67. The molecule has 0 atom stereocenters. The molecule has 0 saturated heterocycles. The van der Waals surface area contributed by atoms with E-state index >= 15 is 0 Å². The van der Waals surface area contributed by atoms with Crippen LogP contribution in [0.4, 0.5) is 0 Å². The Morgan fingerprint density at radius 2 is 0.857 bits per heavy atom. The van der Waals surface area contributed by atoms with E-state index in [1.54, 1.807) is 0 Å². The van der Waals surface area contributed by atoms with Crippen molar-refractivity contribution >= 4 is 32.6 Å². The molecule has 8 aromatic rings. The highest BCUT2D eigenvalue weighted by Crippen LogP contribution is 2.35. The van der Waals surface area contributed by atoms with Crippen LogP contribution >= 0.6 is 0 Å². The Labute approximate surface area is 243 Å². The molecule has 0 amide bonds. The van der Waals surface area contributed by atoms with Crippen LogP contribution in [0.5, 0.6) is 0 Å². The molecular formula is C39H25N3. The Bertz CT molecular complexity index is 2220. The molecule has 0 fully saturated rings. The molecule has 0 bridgehead atoms. The third-order valence-corrected chi connectivity index (χ3v) is 8.00.